The Kier molecular flexibility index (Phi) is 6.23. The molecule has 1 amide bonds. The maximum absolute atomic E-state index is 13.0. The molecule has 0 atom stereocenters. The highest BCUT2D eigenvalue weighted by Gasteiger charge is 2.23. The van der Waals surface area contributed by atoms with Crippen molar-refractivity contribution in [1.82, 2.24) is 4.57 Å². The SMILES string of the molecule is C=CCn1c(=NC(=O)c2ccc(N3CCCCC3)c([N+](=O)[O-])c2)sc2cc(C)c(C)cc21. The Morgan fingerprint density at radius 1 is 1.19 bits per heavy atom. The number of aromatic nitrogens is 1. The van der Waals surface area contributed by atoms with Crippen molar-refractivity contribution < 1.29 is 9.72 Å². The number of carbonyl (C=O) groups is 1. The van der Waals surface area contributed by atoms with Crippen molar-refractivity contribution in [2.75, 3.05) is 18.0 Å². The van der Waals surface area contributed by atoms with Gasteiger partial charge in [0.25, 0.3) is 11.6 Å². The first kappa shape index (κ1) is 22.0. The summed E-state index contributed by atoms with van der Waals surface area (Å²) in [6, 6.07) is 8.86. The van der Waals surface area contributed by atoms with E-state index >= 15 is 0 Å². The van der Waals surface area contributed by atoms with Gasteiger partial charge in [-0.2, -0.15) is 4.99 Å². The predicted molar refractivity (Wildman–Crippen MR) is 129 cm³/mol. The summed E-state index contributed by atoms with van der Waals surface area (Å²) in [5, 5.41) is 11.7. The molecule has 1 aliphatic heterocycles. The van der Waals surface area contributed by atoms with Crippen LogP contribution in [0.5, 0.6) is 0 Å². The number of amides is 1. The fourth-order valence-electron chi connectivity index (χ4n) is 4.07. The first-order chi connectivity index (χ1) is 15.4. The first-order valence-electron chi connectivity index (χ1n) is 10.7. The Balaban J connectivity index is 1.77. The van der Waals surface area contributed by atoms with Crippen LogP contribution in [0.3, 0.4) is 0 Å². The molecule has 1 aromatic heterocycles. The highest BCUT2D eigenvalue weighted by molar-refractivity contribution is 7.16. The third kappa shape index (κ3) is 4.23. The maximum Gasteiger partial charge on any atom is 0.293 e. The minimum Gasteiger partial charge on any atom is -0.366 e. The molecule has 166 valence electrons. The molecular formula is C24H26N4O3S. The number of fused-ring (bicyclic) bond motifs is 1. The van der Waals surface area contributed by atoms with Gasteiger partial charge in [-0.15, -0.1) is 6.58 Å². The molecule has 2 heterocycles. The highest BCUT2D eigenvalue weighted by Crippen LogP contribution is 2.31. The van der Waals surface area contributed by atoms with Crippen molar-refractivity contribution in [3.8, 4) is 0 Å². The minimum atomic E-state index is -0.490. The van der Waals surface area contributed by atoms with Gasteiger partial charge in [0.15, 0.2) is 4.80 Å². The molecule has 0 bridgehead atoms. The lowest BCUT2D eigenvalue weighted by Crippen LogP contribution is -2.30. The van der Waals surface area contributed by atoms with Gasteiger partial charge in [-0.25, -0.2) is 0 Å². The van der Waals surface area contributed by atoms with E-state index in [0.717, 1.165) is 48.1 Å². The van der Waals surface area contributed by atoms with Gasteiger partial charge >= 0.3 is 0 Å². The molecular weight excluding hydrogens is 424 g/mol. The van der Waals surface area contributed by atoms with Crippen molar-refractivity contribution in [2.24, 2.45) is 4.99 Å². The largest absolute Gasteiger partial charge is 0.366 e. The molecule has 0 saturated carbocycles. The van der Waals surface area contributed by atoms with E-state index in [1.807, 2.05) is 9.47 Å². The average molecular weight is 451 g/mol. The number of rotatable bonds is 5. The van der Waals surface area contributed by atoms with Crippen LogP contribution in [0.4, 0.5) is 11.4 Å². The first-order valence-corrected chi connectivity index (χ1v) is 11.5. The zero-order chi connectivity index (χ0) is 22.8. The van der Waals surface area contributed by atoms with E-state index in [4.69, 9.17) is 0 Å². The standard InChI is InChI=1S/C24H26N4O3S/c1-4-10-27-21-13-16(2)17(3)14-22(21)32-24(27)25-23(29)18-8-9-19(20(15-18)28(30)31)26-11-6-5-7-12-26/h4,8-9,13-15H,1,5-7,10-12H2,2-3H3. The summed E-state index contributed by atoms with van der Waals surface area (Å²) in [6.45, 7) is 10.0. The fraction of sp³-hybridized carbons (Fsp3) is 0.333. The van der Waals surface area contributed by atoms with E-state index in [2.05, 4.69) is 37.6 Å². The van der Waals surface area contributed by atoms with Crippen LogP contribution < -0.4 is 9.70 Å². The van der Waals surface area contributed by atoms with Crippen LogP contribution in [0, 0.1) is 24.0 Å². The number of hydrogen-bond donors (Lipinski definition) is 0. The summed E-state index contributed by atoms with van der Waals surface area (Å²) in [7, 11) is 0. The van der Waals surface area contributed by atoms with E-state index in [9.17, 15) is 14.9 Å². The number of carbonyl (C=O) groups excluding carboxylic acids is 1. The van der Waals surface area contributed by atoms with Crippen LogP contribution in [-0.4, -0.2) is 28.5 Å². The number of nitro groups is 1. The molecule has 1 saturated heterocycles. The molecule has 3 aromatic rings. The van der Waals surface area contributed by atoms with Crippen LogP contribution >= 0.6 is 11.3 Å². The topological polar surface area (TPSA) is 80.7 Å². The van der Waals surface area contributed by atoms with Crippen molar-refractivity contribution in [2.45, 2.75) is 39.7 Å². The Labute approximate surface area is 190 Å². The quantitative estimate of drug-likeness (QED) is 0.306. The molecule has 32 heavy (non-hydrogen) atoms. The van der Waals surface area contributed by atoms with Crippen LogP contribution in [0.15, 0.2) is 48.0 Å². The summed E-state index contributed by atoms with van der Waals surface area (Å²) < 4.78 is 2.99. The van der Waals surface area contributed by atoms with Crippen LogP contribution in [0.1, 0.15) is 40.7 Å². The Morgan fingerprint density at radius 3 is 2.59 bits per heavy atom. The zero-order valence-corrected chi connectivity index (χ0v) is 19.2. The Bertz CT molecular complexity index is 1280. The molecule has 0 N–H and O–H groups in total. The Morgan fingerprint density at radius 2 is 1.91 bits per heavy atom. The average Bonchev–Trinajstić information content (AvgIpc) is 3.10. The highest BCUT2D eigenvalue weighted by atomic mass is 32.1. The van der Waals surface area contributed by atoms with E-state index < -0.39 is 10.8 Å². The smallest absolute Gasteiger partial charge is 0.293 e. The lowest BCUT2D eigenvalue weighted by atomic mass is 10.1. The second-order valence-corrected chi connectivity index (χ2v) is 9.12. The van der Waals surface area contributed by atoms with Gasteiger partial charge < -0.3 is 9.47 Å². The second-order valence-electron chi connectivity index (χ2n) is 8.11. The summed E-state index contributed by atoms with van der Waals surface area (Å²) in [6.07, 6.45) is 4.94. The molecule has 1 fully saturated rings. The van der Waals surface area contributed by atoms with Crippen LogP contribution in [0.25, 0.3) is 10.2 Å². The molecule has 0 spiro atoms. The fourth-order valence-corrected chi connectivity index (χ4v) is 5.19. The summed E-state index contributed by atoms with van der Waals surface area (Å²) >= 11 is 1.43. The molecule has 0 unspecified atom stereocenters. The van der Waals surface area contributed by atoms with E-state index in [-0.39, 0.29) is 11.3 Å². The summed E-state index contributed by atoms with van der Waals surface area (Å²) in [5.41, 5.74) is 4.07. The van der Waals surface area contributed by atoms with E-state index in [1.165, 1.54) is 23.0 Å². The number of anilines is 1. The van der Waals surface area contributed by atoms with Gasteiger partial charge in [-0.3, -0.25) is 14.9 Å². The molecule has 0 aliphatic carbocycles. The number of hydrogen-bond acceptors (Lipinski definition) is 5. The number of nitrogens with zero attached hydrogens (tertiary/aromatic N) is 4. The van der Waals surface area contributed by atoms with Crippen molar-refractivity contribution in [1.29, 1.82) is 0 Å². The number of thiazole rings is 1. The third-order valence-electron chi connectivity index (χ3n) is 5.92. The van der Waals surface area contributed by atoms with E-state index in [1.54, 1.807) is 18.2 Å². The van der Waals surface area contributed by atoms with Crippen LogP contribution in [-0.2, 0) is 6.54 Å². The van der Waals surface area contributed by atoms with Gasteiger partial charge in [0.05, 0.1) is 15.1 Å². The molecule has 2 aromatic carbocycles. The summed E-state index contributed by atoms with van der Waals surface area (Å²) in [5.74, 6) is -0.490. The molecule has 1 aliphatic rings. The second kappa shape index (κ2) is 9.08. The van der Waals surface area contributed by atoms with Crippen LogP contribution in [0.2, 0.25) is 0 Å². The van der Waals surface area contributed by atoms with Gasteiger partial charge in [0.2, 0.25) is 0 Å². The molecule has 0 radical (unpaired) electrons. The van der Waals surface area contributed by atoms with Gasteiger partial charge in [0.1, 0.15) is 5.69 Å². The van der Waals surface area contributed by atoms with Crippen molar-refractivity contribution in [3.63, 3.8) is 0 Å². The Hall–Kier alpha value is -3.26. The number of aryl methyl sites for hydroxylation is 2. The zero-order valence-electron chi connectivity index (χ0n) is 18.3. The van der Waals surface area contributed by atoms with Gasteiger partial charge in [-0.05, 0) is 68.5 Å². The molecule has 4 rings (SSSR count). The lowest BCUT2D eigenvalue weighted by molar-refractivity contribution is -0.384. The van der Waals surface area contributed by atoms with E-state index in [0.29, 0.717) is 17.0 Å². The number of piperidine rings is 1. The minimum absolute atomic E-state index is 0.0468. The normalized spacial score (nSPS) is 14.7. The number of benzene rings is 2. The monoisotopic (exact) mass is 450 g/mol. The maximum atomic E-state index is 13.0. The summed E-state index contributed by atoms with van der Waals surface area (Å²) in [4.78, 5) is 31.3. The predicted octanol–water partition coefficient (Wildman–Crippen LogP) is 5.15. The van der Waals surface area contributed by atoms with Gasteiger partial charge in [-0.1, -0.05) is 17.4 Å². The van der Waals surface area contributed by atoms with Crippen molar-refractivity contribution in [3.05, 3.63) is 74.6 Å². The lowest BCUT2D eigenvalue weighted by Gasteiger charge is -2.28. The van der Waals surface area contributed by atoms with Crippen molar-refractivity contribution >= 4 is 38.8 Å². The number of nitro benzene ring substituents is 1. The molecule has 7 nitrogen and oxygen atoms in total. The van der Waals surface area contributed by atoms with Gasteiger partial charge in [0, 0.05) is 31.3 Å². The molecule has 8 heteroatoms. The third-order valence-corrected chi connectivity index (χ3v) is 6.96. The number of allylic oxidation sites excluding steroid dienone is 1.